The third kappa shape index (κ3) is 6.18. The Morgan fingerprint density at radius 3 is 2.96 bits per heavy atom. The van der Waals surface area contributed by atoms with Gasteiger partial charge in [-0.3, -0.25) is 4.99 Å². The monoisotopic (exact) mass is 407 g/mol. The molecule has 1 aromatic carbocycles. The van der Waals surface area contributed by atoms with Crippen LogP contribution in [0.4, 0.5) is 8.78 Å². The Bertz CT molecular complexity index is 539. The zero-order chi connectivity index (χ0) is 16.7. The van der Waals surface area contributed by atoms with Crippen LogP contribution in [0.25, 0.3) is 0 Å². The van der Waals surface area contributed by atoms with Crippen molar-refractivity contribution in [2.24, 2.45) is 4.99 Å². The van der Waals surface area contributed by atoms with E-state index in [0.29, 0.717) is 23.3 Å². The van der Waals surface area contributed by atoms with Crippen molar-refractivity contribution in [2.75, 3.05) is 19.3 Å². The standard InChI is InChI=1S/C15H20BrF2N3OS/c1-19-15(21-9-12-3-2-6-23-12)20-8-10-7-11(16)4-5-13(10)22-14(17)18/h4-5,7,12,14H,2-3,6,8-9H2,1H3,(H2,19,20,21). The first-order valence-electron chi connectivity index (χ1n) is 7.38. The summed E-state index contributed by atoms with van der Waals surface area (Å²) in [6, 6.07) is 4.95. The van der Waals surface area contributed by atoms with Gasteiger partial charge in [-0.2, -0.15) is 20.5 Å². The lowest BCUT2D eigenvalue weighted by Crippen LogP contribution is -2.39. The summed E-state index contributed by atoms with van der Waals surface area (Å²) < 4.78 is 30.3. The van der Waals surface area contributed by atoms with Crippen molar-refractivity contribution in [1.82, 2.24) is 10.6 Å². The molecule has 1 unspecified atom stereocenters. The van der Waals surface area contributed by atoms with Gasteiger partial charge in [0.1, 0.15) is 5.75 Å². The third-order valence-corrected chi connectivity index (χ3v) is 5.32. The van der Waals surface area contributed by atoms with E-state index in [2.05, 4.69) is 36.3 Å². The van der Waals surface area contributed by atoms with Crippen molar-refractivity contribution >= 4 is 33.7 Å². The molecule has 0 radical (unpaired) electrons. The van der Waals surface area contributed by atoms with E-state index in [1.165, 1.54) is 24.7 Å². The predicted molar refractivity (Wildman–Crippen MR) is 94.5 cm³/mol. The van der Waals surface area contributed by atoms with Crippen LogP contribution in [0, 0.1) is 0 Å². The molecule has 0 spiro atoms. The maximum atomic E-state index is 12.5. The molecule has 1 aliphatic heterocycles. The fourth-order valence-corrected chi connectivity index (χ4v) is 3.92. The molecule has 1 aliphatic rings. The summed E-state index contributed by atoms with van der Waals surface area (Å²) in [4.78, 5) is 4.16. The van der Waals surface area contributed by atoms with Gasteiger partial charge < -0.3 is 15.4 Å². The van der Waals surface area contributed by atoms with Crippen LogP contribution in [-0.4, -0.2) is 37.2 Å². The van der Waals surface area contributed by atoms with Gasteiger partial charge >= 0.3 is 6.61 Å². The van der Waals surface area contributed by atoms with Gasteiger partial charge in [-0.25, -0.2) is 0 Å². The lowest BCUT2D eigenvalue weighted by Gasteiger charge is -2.16. The Morgan fingerprint density at radius 1 is 1.48 bits per heavy atom. The van der Waals surface area contributed by atoms with Crippen molar-refractivity contribution in [2.45, 2.75) is 31.2 Å². The van der Waals surface area contributed by atoms with Crippen LogP contribution < -0.4 is 15.4 Å². The van der Waals surface area contributed by atoms with Crippen LogP contribution >= 0.6 is 27.7 Å². The van der Waals surface area contributed by atoms with Gasteiger partial charge in [0.15, 0.2) is 5.96 Å². The Kier molecular flexibility index (Phi) is 7.42. The van der Waals surface area contributed by atoms with Crippen molar-refractivity contribution in [3.8, 4) is 5.75 Å². The van der Waals surface area contributed by atoms with Crippen molar-refractivity contribution in [3.63, 3.8) is 0 Å². The number of ether oxygens (including phenoxy) is 1. The molecular formula is C15H20BrF2N3OS. The number of alkyl halides is 2. The number of nitrogens with zero attached hydrogens (tertiary/aromatic N) is 1. The average Bonchev–Trinajstić information content (AvgIpc) is 3.03. The summed E-state index contributed by atoms with van der Waals surface area (Å²) >= 11 is 5.31. The molecule has 0 aliphatic carbocycles. The number of thioether (sulfide) groups is 1. The van der Waals surface area contributed by atoms with Gasteiger partial charge in [-0.15, -0.1) is 0 Å². The average molecular weight is 408 g/mol. The molecule has 0 saturated carbocycles. The summed E-state index contributed by atoms with van der Waals surface area (Å²) in [5, 5.41) is 7.02. The molecule has 128 valence electrons. The zero-order valence-corrected chi connectivity index (χ0v) is 15.2. The highest BCUT2D eigenvalue weighted by atomic mass is 79.9. The molecule has 23 heavy (non-hydrogen) atoms. The van der Waals surface area contributed by atoms with E-state index >= 15 is 0 Å². The molecule has 1 saturated heterocycles. The van der Waals surface area contributed by atoms with E-state index in [0.717, 1.165) is 11.0 Å². The van der Waals surface area contributed by atoms with E-state index in [9.17, 15) is 8.78 Å². The fraction of sp³-hybridized carbons (Fsp3) is 0.533. The summed E-state index contributed by atoms with van der Waals surface area (Å²) in [5.74, 6) is 2.03. The predicted octanol–water partition coefficient (Wildman–Crippen LogP) is 3.61. The van der Waals surface area contributed by atoms with Crippen molar-refractivity contribution in [3.05, 3.63) is 28.2 Å². The number of halogens is 3. The molecule has 2 N–H and O–H groups in total. The number of hydrogen-bond donors (Lipinski definition) is 2. The first-order chi connectivity index (χ1) is 11.1. The first kappa shape index (κ1) is 18.3. The van der Waals surface area contributed by atoms with E-state index in [1.807, 2.05) is 11.8 Å². The number of guanidine groups is 1. The van der Waals surface area contributed by atoms with Crippen LogP contribution in [0.15, 0.2) is 27.7 Å². The smallest absolute Gasteiger partial charge is 0.387 e. The summed E-state index contributed by atoms with van der Waals surface area (Å²) in [5.41, 5.74) is 0.637. The SMILES string of the molecule is CN=C(NCc1cc(Br)ccc1OC(F)F)NCC1CCCS1. The van der Waals surface area contributed by atoms with Crippen molar-refractivity contribution < 1.29 is 13.5 Å². The largest absolute Gasteiger partial charge is 0.434 e. The second kappa shape index (κ2) is 9.32. The van der Waals surface area contributed by atoms with Crippen LogP contribution in [0.2, 0.25) is 0 Å². The van der Waals surface area contributed by atoms with E-state index in [1.54, 1.807) is 19.2 Å². The summed E-state index contributed by atoms with van der Waals surface area (Å²) in [6.07, 6.45) is 2.47. The van der Waals surface area contributed by atoms with Crippen LogP contribution in [0.5, 0.6) is 5.75 Å². The molecule has 1 heterocycles. The highest BCUT2D eigenvalue weighted by Crippen LogP contribution is 2.26. The normalized spacial score (nSPS) is 18.3. The molecule has 0 bridgehead atoms. The minimum Gasteiger partial charge on any atom is -0.434 e. The molecule has 1 fully saturated rings. The van der Waals surface area contributed by atoms with Crippen LogP contribution in [0.1, 0.15) is 18.4 Å². The van der Waals surface area contributed by atoms with E-state index in [4.69, 9.17) is 0 Å². The van der Waals surface area contributed by atoms with Gasteiger partial charge in [0.05, 0.1) is 0 Å². The molecular weight excluding hydrogens is 388 g/mol. The minimum atomic E-state index is -2.84. The van der Waals surface area contributed by atoms with E-state index < -0.39 is 6.61 Å². The van der Waals surface area contributed by atoms with Gasteiger partial charge in [0.25, 0.3) is 0 Å². The molecule has 1 atom stereocenters. The van der Waals surface area contributed by atoms with E-state index in [-0.39, 0.29) is 5.75 Å². The number of rotatable bonds is 6. The van der Waals surface area contributed by atoms with Crippen molar-refractivity contribution in [1.29, 1.82) is 0 Å². The fourth-order valence-electron chi connectivity index (χ4n) is 2.31. The molecule has 0 aromatic heterocycles. The Balaban J connectivity index is 1.91. The lowest BCUT2D eigenvalue weighted by atomic mass is 10.2. The Hall–Kier alpha value is -1.02. The second-order valence-corrected chi connectivity index (χ2v) is 7.40. The van der Waals surface area contributed by atoms with Gasteiger partial charge in [0.2, 0.25) is 0 Å². The first-order valence-corrected chi connectivity index (χ1v) is 9.22. The van der Waals surface area contributed by atoms with Gasteiger partial charge in [-0.05, 0) is 36.8 Å². The third-order valence-electron chi connectivity index (χ3n) is 3.43. The molecule has 0 amide bonds. The Morgan fingerprint density at radius 2 is 2.30 bits per heavy atom. The highest BCUT2D eigenvalue weighted by molar-refractivity contribution is 9.10. The van der Waals surface area contributed by atoms with Crippen LogP contribution in [0.3, 0.4) is 0 Å². The molecule has 8 heteroatoms. The summed E-state index contributed by atoms with van der Waals surface area (Å²) in [6.45, 7) is -1.64. The number of benzene rings is 1. The van der Waals surface area contributed by atoms with Crippen LogP contribution in [-0.2, 0) is 6.54 Å². The molecule has 1 aromatic rings. The number of hydrogen-bond acceptors (Lipinski definition) is 3. The Labute approximate surface area is 147 Å². The van der Waals surface area contributed by atoms with Gasteiger partial charge in [0, 0.05) is 35.4 Å². The van der Waals surface area contributed by atoms with Gasteiger partial charge in [-0.1, -0.05) is 15.9 Å². The lowest BCUT2D eigenvalue weighted by molar-refractivity contribution is -0.0504. The quantitative estimate of drug-likeness (QED) is 0.558. The highest BCUT2D eigenvalue weighted by Gasteiger charge is 2.16. The summed E-state index contributed by atoms with van der Waals surface area (Å²) in [7, 11) is 1.69. The topological polar surface area (TPSA) is 45.7 Å². The number of aliphatic imine (C=N–C) groups is 1. The maximum Gasteiger partial charge on any atom is 0.387 e. The zero-order valence-electron chi connectivity index (χ0n) is 12.8. The molecule has 4 nitrogen and oxygen atoms in total. The molecule has 2 rings (SSSR count). The number of nitrogens with one attached hydrogen (secondary N) is 2. The second-order valence-electron chi connectivity index (χ2n) is 5.07. The minimum absolute atomic E-state index is 0.164. The maximum absolute atomic E-state index is 12.5.